The molecular weight excluding hydrogens is 344 g/mol. The highest BCUT2D eigenvalue weighted by Crippen LogP contribution is 1.98. The van der Waals surface area contributed by atoms with E-state index in [4.69, 9.17) is 9.47 Å². The number of carbonyl (C=O) groups is 3. The second-order valence-corrected chi connectivity index (χ2v) is 4.95. The summed E-state index contributed by atoms with van der Waals surface area (Å²) < 4.78 is 19.3. The Morgan fingerprint density at radius 2 is 1.62 bits per heavy atom. The van der Waals surface area contributed by atoms with E-state index in [1.807, 2.05) is 0 Å². The van der Waals surface area contributed by atoms with Gasteiger partial charge in [0.1, 0.15) is 6.61 Å². The first-order valence-corrected chi connectivity index (χ1v) is 8.42. The molecule has 0 radical (unpaired) electrons. The summed E-state index contributed by atoms with van der Waals surface area (Å²) in [5.41, 5.74) is 0. The molecule has 0 bridgehead atoms. The minimum absolute atomic E-state index is 0.174. The summed E-state index contributed by atoms with van der Waals surface area (Å²) in [6.45, 7) is 10.4. The molecule has 0 fully saturated rings. The lowest BCUT2D eigenvalue weighted by Crippen LogP contribution is -2.28. The molecule has 0 aliphatic carbocycles. The largest absolute Gasteiger partial charge is 0.460 e. The van der Waals surface area contributed by atoms with Gasteiger partial charge in [-0.25, -0.2) is 14.4 Å². The smallest absolute Gasteiger partial charge is 0.412 e. The zero-order valence-electron chi connectivity index (χ0n) is 15.2. The molecule has 9 nitrogen and oxygen atoms in total. The average molecular weight is 372 g/mol. The molecule has 2 amide bonds. The number of rotatable bonds is 14. The normalized spacial score (nSPS) is 9.73. The van der Waals surface area contributed by atoms with Crippen LogP contribution in [0.1, 0.15) is 26.2 Å². The third-order valence-corrected chi connectivity index (χ3v) is 2.81. The fourth-order valence-electron chi connectivity index (χ4n) is 1.62. The van der Waals surface area contributed by atoms with E-state index in [0.29, 0.717) is 32.7 Å². The number of hydrogen-bond donors (Lipinski definition) is 2. The fourth-order valence-corrected chi connectivity index (χ4v) is 1.62. The first-order chi connectivity index (χ1) is 12.5. The number of amides is 2. The van der Waals surface area contributed by atoms with Crippen LogP contribution in [0.3, 0.4) is 0 Å². The van der Waals surface area contributed by atoms with Gasteiger partial charge in [-0.15, -0.1) is 6.58 Å². The van der Waals surface area contributed by atoms with Crippen LogP contribution in [0.15, 0.2) is 25.0 Å². The molecule has 148 valence electrons. The Morgan fingerprint density at radius 3 is 2.23 bits per heavy atom. The van der Waals surface area contributed by atoms with E-state index in [1.165, 1.54) is 0 Å². The van der Waals surface area contributed by atoms with E-state index >= 15 is 0 Å². The predicted octanol–water partition coefficient (Wildman–Crippen LogP) is 1.89. The number of ether oxygens (including phenoxy) is 4. The first kappa shape index (κ1) is 23.4. The third kappa shape index (κ3) is 13.8. The molecule has 0 aromatic rings. The molecular formula is C17H28N2O7. The highest BCUT2D eigenvalue weighted by molar-refractivity contribution is 5.88. The number of alkyl carbamates (subject to hydrolysis) is 2. The van der Waals surface area contributed by atoms with E-state index in [9.17, 15) is 14.4 Å². The maximum atomic E-state index is 11.4. The molecule has 0 heterocycles. The van der Waals surface area contributed by atoms with Crippen molar-refractivity contribution in [2.24, 2.45) is 0 Å². The van der Waals surface area contributed by atoms with E-state index in [-0.39, 0.29) is 19.0 Å². The number of esters is 1. The van der Waals surface area contributed by atoms with Crippen LogP contribution in [0, 0.1) is 0 Å². The molecule has 0 saturated carbocycles. The Labute approximate surface area is 153 Å². The van der Waals surface area contributed by atoms with Crippen molar-refractivity contribution < 1.29 is 33.3 Å². The number of unbranched alkanes of at least 4 members (excludes halogenated alkanes) is 2. The lowest BCUT2D eigenvalue weighted by atomic mass is 10.2. The average Bonchev–Trinajstić information content (AvgIpc) is 2.60. The monoisotopic (exact) mass is 372 g/mol. The van der Waals surface area contributed by atoms with Crippen LogP contribution in [0.5, 0.6) is 0 Å². The molecule has 0 spiro atoms. The Balaban J connectivity index is 3.51. The topological polar surface area (TPSA) is 112 Å². The van der Waals surface area contributed by atoms with Gasteiger partial charge in [0.25, 0.3) is 0 Å². The maximum absolute atomic E-state index is 11.4. The van der Waals surface area contributed by atoms with Crippen molar-refractivity contribution in [3.05, 3.63) is 25.0 Å². The predicted molar refractivity (Wildman–Crippen MR) is 94.5 cm³/mol. The van der Waals surface area contributed by atoms with Crippen molar-refractivity contribution >= 4 is 18.2 Å². The van der Waals surface area contributed by atoms with Crippen LogP contribution in [0.4, 0.5) is 9.59 Å². The third-order valence-electron chi connectivity index (χ3n) is 2.81. The van der Waals surface area contributed by atoms with Gasteiger partial charge < -0.3 is 29.6 Å². The van der Waals surface area contributed by atoms with Gasteiger partial charge in [0.2, 0.25) is 5.76 Å². The van der Waals surface area contributed by atoms with Crippen LogP contribution in [0.2, 0.25) is 0 Å². The second kappa shape index (κ2) is 15.9. The summed E-state index contributed by atoms with van der Waals surface area (Å²) in [6, 6.07) is 0. The molecule has 0 aliphatic rings. The van der Waals surface area contributed by atoms with Crippen LogP contribution < -0.4 is 10.6 Å². The molecule has 26 heavy (non-hydrogen) atoms. The van der Waals surface area contributed by atoms with Crippen molar-refractivity contribution in [3.63, 3.8) is 0 Å². The van der Waals surface area contributed by atoms with E-state index in [0.717, 1.165) is 12.8 Å². The van der Waals surface area contributed by atoms with Crippen molar-refractivity contribution in [1.82, 2.24) is 10.6 Å². The minimum atomic E-state index is -0.770. The molecule has 0 aromatic carbocycles. The summed E-state index contributed by atoms with van der Waals surface area (Å²) in [7, 11) is 0. The quantitative estimate of drug-likeness (QED) is 0.120. The van der Waals surface area contributed by atoms with Gasteiger partial charge in [0.15, 0.2) is 0 Å². The van der Waals surface area contributed by atoms with Crippen LogP contribution in [0.25, 0.3) is 0 Å². The summed E-state index contributed by atoms with van der Waals surface area (Å²) in [5, 5.41) is 5.10. The Morgan fingerprint density at radius 1 is 0.962 bits per heavy atom. The van der Waals surface area contributed by atoms with Gasteiger partial charge in [0, 0.05) is 13.1 Å². The van der Waals surface area contributed by atoms with E-state index < -0.39 is 18.2 Å². The van der Waals surface area contributed by atoms with Crippen molar-refractivity contribution in [3.8, 4) is 0 Å². The van der Waals surface area contributed by atoms with Gasteiger partial charge in [-0.05, 0) is 32.8 Å². The highest BCUT2D eigenvalue weighted by atomic mass is 16.6. The van der Waals surface area contributed by atoms with Gasteiger partial charge in [-0.1, -0.05) is 6.08 Å². The van der Waals surface area contributed by atoms with Crippen LogP contribution in [-0.4, -0.2) is 57.7 Å². The van der Waals surface area contributed by atoms with Gasteiger partial charge >= 0.3 is 18.2 Å². The van der Waals surface area contributed by atoms with Gasteiger partial charge in [-0.2, -0.15) is 0 Å². The van der Waals surface area contributed by atoms with Crippen LogP contribution >= 0.6 is 0 Å². The number of carbonyl (C=O) groups excluding carboxylic acids is 3. The molecule has 0 rings (SSSR count). The molecule has 0 aliphatic heterocycles. The van der Waals surface area contributed by atoms with E-state index in [1.54, 1.807) is 13.0 Å². The number of hydrogen-bond acceptors (Lipinski definition) is 7. The molecule has 2 N–H and O–H groups in total. The van der Waals surface area contributed by atoms with Crippen LogP contribution in [-0.2, 0) is 23.7 Å². The zero-order valence-corrected chi connectivity index (χ0v) is 15.2. The van der Waals surface area contributed by atoms with Crippen molar-refractivity contribution in [2.45, 2.75) is 26.2 Å². The maximum Gasteiger partial charge on any atom is 0.412 e. The number of nitrogens with one attached hydrogen (secondary N) is 2. The lowest BCUT2D eigenvalue weighted by molar-refractivity contribution is -0.141. The summed E-state index contributed by atoms with van der Waals surface area (Å²) in [6.07, 6.45) is 2.56. The molecule has 0 saturated heterocycles. The van der Waals surface area contributed by atoms with E-state index in [2.05, 4.69) is 33.3 Å². The Kier molecular flexibility index (Phi) is 14.4. The molecule has 0 atom stereocenters. The lowest BCUT2D eigenvalue weighted by Gasteiger charge is -2.08. The fraction of sp³-hybridized carbons (Fsp3) is 0.588. The van der Waals surface area contributed by atoms with Gasteiger partial charge in [-0.3, -0.25) is 0 Å². The molecule has 0 aromatic heterocycles. The summed E-state index contributed by atoms with van der Waals surface area (Å²) in [4.78, 5) is 34.0. The standard InChI is InChI=1S/C17H28N2O7/c1-4-11-23-12-13-25-16(21)18-9-7-6-8-10-19-17(22)26-14(3)15(20)24-5-2/h4H,1,3,5-13H2,2H3,(H,18,21)(H,19,22). The molecule has 9 heteroatoms. The zero-order chi connectivity index (χ0) is 19.6. The Bertz CT molecular complexity index is 466. The van der Waals surface area contributed by atoms with Gasteiger partial charge in [0.05, 0.1) is 19.8 Å². The second-order valence-electron chi connectivity index (χ2n) is 4.95. The highest BCUT2D eigenvalue weighted by Gasteiger charge is 2.13. The Hall–Kier alpha value is -2.55. The molecule has 0 unspecified atom stereocenters. The van der Waals surface area contributed by atoms with Crippen molar-refractivity contribution in [2.75, 3.05) is 39.5 Å². The first-order valence-electron chi connectivity index (χ1n) is 8.42. The van der Waals surface area contributed by atoms with Crippen molar-refractivity contribution in [1.29, 1.82) is 0 Å². The minimum Gasteiger partial charge on any atom is -0.460 e. The summed E-state index contributed by atoms with van der Waals surface area (Å²) >= 11 is 0. The SMILES string of the molecule is C=CCOCCOC(=O)NCCCCCNC(=O)OC(=C)C(=O)OCC. The summed E-state index contributed by atoms with van der Waals surface area (Å²) in [5.74, 6) is -1.13.